The summed E-state index contributed by atoms with van der Waals surface area (Å²) in [5.74, 6) is 0.678. The molecule has 0 saturated carbocycles. The Bertz CT molecular complexity index is 598. The van der Waals surface area contributed by atoms with Crippen LogP contribution in [0.4, 0.5) is 11.4 Å². The average molecular weight is 324 g/mol. The van der Waals surface area contributed by atoms with Gasteiger partial charge in [0.15, 0.2) is 0 Å². The molecule has 118 valence electrons. The number of nitro groups is 1. The zero-order valence-corrected chi connectivity index (χ0v) is 13.1. The van der Waals surface area contributed by atoms with Crippen molar-refractivity contribution >= 4 is 23.0 Å². The normalized spacial score (nSPS) is 10.6. The minimum Gasteiger partial charge on any atom is -0.385 e. The highest BCUT2D eigenvalue weighted by atomic mass is 35.5. The molecule has 0 amide bonds. The molecule has 0 aliphatic carbocycles. The second-order valence-corrected chi connectivity index (χ2v) is 5.39. The first-order chi connectivity index (χ1) is 10.7. The van der Waals surface area contributed by atoms with Crippen LogP contribution in [0.15, 0.2) is 43.0 Å². The Labute approximate surface area is 134 Å². The number of nitrogens with one attached hydrogen (secondary N) is 1. The van der Waals surface area contributed by atoms with Crippen molar-refractivity contribution in [3.8, 4) is 0 Å². The topological polar surface area (TPSA) is 64.0 Å². The summed E-state index contributed by atoms with van der Waals surface area (Å²) in [5.41, 5.74) is 1.01. The summed E-state index contributed by atoms with van der Waals surface area (Å²) in [6, 6.07) is 6.48. The monoisotopic (exact) mass is 323 g/mol. The van der Waals surface area contributed by atoms with Crippen LogP contribution in [0, 0.1) is 10.1 Å². The highest BCUT2D eigenvalue weighted by Crippen LogP contribution is 2.15. The standard InChI is InChI=1S/C15H20ClN4O2/c16-7-1-9-18-11-12-19(13-18)10-2-8-17-14-3-5-15(6-4-14)20(21)22/h3-6,11-13,17H,1-2,7-10H2/q+1. The van der Waals surface area contributed by atoms with Gasteiger partial charge in [-0.25, -0.2) is 9.13 Å². The van der Waals surface area contributed by atoms with Crippen LogP contribution in [0.25, 0.3) is 0 Å². The molecular formula is C15H20ClN4O2+. The number of alkyl halides is 1. The Morgan fingerprint density at radius 1 is 1.27 bits per heavy atom. The highest BCUT2D eigenvalue weighted by molar-refractivity contribution is 6.17. The van der Waals surface area contributed by atoms with Gasteiger partial charge in [0.1, 0.15) is 12.4 Å². The second kappa shape index (κ2) is 8.38. The van der Waals surface area contributed by atoms with E-state index < -0.39 is 4.92 Å². The van der Waals surface area contributed by atoms with Crippen molar-refractivity contribution in [2.24, 2.45) is 0 Å². The Kier molecular flexibility index (Phi) is 6.21. The minimum atomic E-state index is -0.394. The maximum atomic E-state index is 10.6. The molecule has 2 rings (SSSR count). The lowest BCUT2D eigenvalue weighted by Crippen LogP contribution is -2.32. The molecule has 7 heteroatoms. The van der Waals surface area contributed by atoms with E-state index in [1.807, 2.05) is 0 Å². The van der Waals surface area contributed by atoms with E-state index in [0.29, 0.717) is 5.88 Å². The van der Waals surface area contributed by atoms with Gasteiger partial charge in [0.05, 0.1) is 18.0 Å². The van der Waals surface area contributed by atoms with E-state index >= 15 is 0 Å². The summed E-state index contributed by atoms with van der Waals surface area (Å²) in [7, 11) is 0. The molecule has 0 radical (unpaired) electrons. The van der Waals surface area contributed by atoms with Crippen molar-refractivity contribution in [2.75, 3.05) is 17.7 Å². The SMILES string of the molecule is O=[N+]([O-])c1ccc(NCCC[n+]2ccn(CCCCl)c2)cc1. The lowest BCUT2D eigenvalue weighted by molar-refractivity contribution is -0.696. The Morgan fingerprint density at radius 2 is 2.05 bits per heavy atom. The van der Waals surface area contributed by atoms with E-state index in [9.17, 15) is 10.1 Å². The third-order valence-electron chi connectivity index (χ3n) is 3.30. The van der Waals surface area contributed by atoms with Gasteiger partial charge < -0.3 is 5.32 Å². The smallest absolute Gasteiger partial charge is 0.269 e. The Hall–Kier alpha value is -2.08. The molecule has 0 aliphatic rings. The van der Waals surface area contributed by atoms with E-state index in [2.05, 4.69) is 33.2 Å². The molecule has 1 aromatic heterocycles. The minimum absolute atomic E-state index is 0.111. The summed E-state index contributed by atoms with van der Waals surface area (Å²) < 4.78 is 4.28. The van der Waals surface area contributed by atoms with Crippen LogP contribution in [0.1, 0.15) is 12.8 Å². The summed E-state index contributed by atoms with van der Waals surface area (Å²) >= 11 is 5.68. The van der Waals surface area contributed by atoms with Crippen LogP contribution >= 0.6 is 11.6 Å². The Morgan fingerprint density at radius 3 is 2.73 bits per heavy atom. The van der Waals surface area contributed by atoms with Gasteiger partial charge >= 0.3 is 0 Å². The number of rotatable bonds is 9. The number of benzene rings is 1. The van der Waals surface area contributed by atoms with Crippen molar-refractivity contribution in [3.05, 3.63) is 53.1 Å². The van der Waals surface area contributed by atoms with Crippen LogP contribution in [0.5, 0.6) is 0 Å². The van der Waals surface area contributed by atoms with Gasteiger partial charge in [-0.2, -0.15) is 0 Å². The average Bonchev–Trinajstić information content (AvgIpc) is 2.98. The second-order valence-electron chi connectivity index (χ2n) is 5.02. The van der Waals surface area contributed by atoms with E-state index in [1.54, 1.807) is 12.1 Å². The lowest BCUT2D eigenvalue weighted by atomic mass is 10.3. The van der Waals surface area contributed by atoms with E-state index in [-0.39, 0.29) is 5.69 Å². The fourth-order valence-corrected chi connectivity index (χ4v) is 2.26. The summed E-state index contributed by atoms with van der Waals surface area (Å²) in [4.78, 5) is 10.2. The summed E-state index contributed by atoms with van der Waals surface area (Å²) in [5, 5.41) is 13.8. The van der Waals surface area contributed by atoms with Crippen molar-refractivity contribution in [1.29, 1.82) is 0 Å². The number of hydrogen-bond acceptors (Lipinski definition) is 3. The third kappa shape index (κ3) is 5.04. The van der Waals surface area contributed by atoms with Crippen molar-refractivity contribution < 1.29 is 9.49 Å². The van der Waals surface area contributed by atoms with Gasteiger partial charge in [-0.1, -0.05) is 0 Å². The maximum Gasteiger partial charge on any atom is 0.269 e. The predicted molar refractivity (Wildman–Crippen MR) is 86.2 cm³/mol. The fraction of sp³-hybridized carbons (Fsp3) is 0.400. The van der Waals surface area contributed by atoms with Crippen molar-refractivity contribution in [3.63, 3.8) is 0 Å². The highest BCUT2D eigenvalue weighted by Gasteiger charge is 2.04. The molecule has 0 saturated heterocycles. The van der Waals surface area contributed by atoms with Crippen LogP contribution < -0.4 is 9.88 Å². The van der Waals surface area contributed by atoms with Crippen LogP contribution in [-0.2, 0) is 13.1 Å². The van der Waals surface area contributed by atoms with E-state index in [0.717, 1.165) is 38.2 Å². The largest absolute Gasteiger partial charge is 0.385 e. The van der Waals surface area contributed by atoms with Gasteiger partial charge in [-0.15, -0.1) is 11.6 Å². The van der Waals surface area contributed by atoms with Crippen molar-refractivity contribution in [1.82, 2.24) is 4.57 Å². The van der Waals surface area contributed by atoms with E-state index in [1.165, 1.54) is 12.1 Å². The first-order valence-corrected chi connectivity index (χ1v) is 7.81. The number of hydrogen-bond donors (Lipinski definition) is 1. The molecule has 0 bridgehead atoms. The molecule has 6 nitrogen and oxygen atoms in total. The van der Waals surface area contributed by atoms with E-state index in [4.69, 9.17) is 11.6 Å². The fourth-order valence-electron chi connectivity index (χ4n) is 2.14. The summed E-state index contributed by atoms with van der Waals surface area (Å²) in [6.07, 6.45) is 8.13. The van der Waals surface area contributed by atoms with Gasteiger partial charge in [0.25, 0.3) is 5.69 Å². The van der Waals surface area contributed by atoms with Crippen LogP contribution in [0.2, 0.25) is 0 Å². The molecule has 0 atom stereocenters. The first kappa shape index (κ1) is 16.3. The molecule has 0 spiro atoms. The molecule has 1 N–H and O–H groups in total. The van der Waals surface area contributed by atoms with Gasteiger partial charge in [-0.3, -0.25) is 10.1 Å². The molecule has 1 heterocycles. The first-order valence-electron chi connectivity index (χ1n) is 7.28. The molecule has 2 aromatic rings. The maximum absolute atomic E-state index is 10.6. The van der Waals surface area contributed by atoms with Crippen LogP contribution in [0.3, 0.4) is 0 Å². The number of non-ortho nitro benzene ring substituents is 1. The van der Waals surface area contributed by atoms with Gasteiger partial charge in [0, 0.05) is 36.7 Å². The van der Waals surface area contributed by atoms with Gasteiger partial charge in [-0.05, 0) is 18.6 Å². The number of nitro benzene ring substituents is 1. The Balaban J connectivity index is 1.70. The number of aromatic nitrogens is 2. The predicted octanol–water partition coefficient (Wildman–Crippen LogP) is 2.81. The molecule has 22 heavy (non-hydrogen) atoms. The quantitative estimate of drug-likeness (QED) is 0.254. The lowest BCUT2D eigenvalue weighted by Gasteiger charge is -2.04. The zero-order valence-electron chi connectivity index (χ0n) is 12.3. The van der Waals surface area contributed by atoms with Gasteiger partial charge in [0.2, 0.25) is 6.33 Å². The number of nitrogens with zero attached hydrogens (tertiary/aromatic N) is 3. The molecule has 1 aromatic carbocycles. The molecular weight excluding hydrogens is 304 g/mol. The molecule has 0 unspecified atom stereocenters. The third-order valence-corrected chi connectivity index (χ3v) is 3.56. The van der Waals surface area contributed by atoms with Crippen molar-refractivity contribution in [2.45, 2.75) is 25.9 Å². The number of halogens is 1. The summed E-state index contributed by atoms with van der Waals surface area (Å²) in [6.45, 7) is 2.68. The zero-order chi connectivity index (χ0) is 15.8. The molecule has 0 fully saturated rings. The molecule has 0 aliphatic heterocycles. The number of imidazole rings is 1. The number of aryl methyl sites for hydroxylation is 2. The number of anilines is 1. The van der Waals surface area contributed by atoms with Crippen LogP contribution in [-0.4, -0.2) is 21.9 Å².